The first-order chi connectivity index (χ1) is 15.6. The Morgan fingerprint density at radius 2 is 2.03 bits per heavy atom. The van der Waals surface area contributed by atoms with Crippen molar-refractivity contribution >= 4 is 17.3 Å². The highest BCUT2D eigenvalue weighted by molar-refractivity contribution is 5.82. The molecular weight excluding hydrogens is 408 g/mol. The van der Waals surface area contributed by atoms with Crippen LogP contribution in [0.2, 0.25) is 0 Å². The molecule has 1 saturated heterocycles. The number of hydrogen-bond acceptors (Lipinski definition) is 6. The van der Waals surface area contributed by atoms with Gasteiger partial charge in [0.25, 0.3) is 5.69 Å². The van der Waals surface area contributed by atoms with E-state index in [0.717, 1.165) is 43.9 Å². The molecule has 2 aliphatic rings. The highest BCUT2D eigenvalue weighted by Gasteiger charge is 2.41. The van der Waals surface area contributed by atoms with Crippen molar-refractivity contribution in [3.05, 3.63) is 69.8 Å². The van der Waals surface area contributed by atoms with Crippen molar-refractivity contribution in [2.24, 2.45) is 5.92 Å². The molecule has 2 aliphatic heterocycles. The van der Waals surface area contributed by atoms with Crippen molar-refractivity contribution in [1.29, 1.82) is 0 Å². The molecule has 2 heterocycles. The normalized spacial score (nSPS) is 20.3. The lowest BCUT2D eigenvalue weighted by Gasteiger charge is -2.49. The fourth-order valence-electron chi connectivity index (χ4n) is 4.83. The summed E-state index contributed by atoms with van der Waals surface area (Å²) in [5.74, 6) is -0.250. The molecule has 2 unspecified atom stereocenters. The average Bonchev–Trinajstić information content (AvgIpc) is 2.81. The molecule has 1 N–H and O–H groups in total. The van der Waals surface area contributed by atoms with Crippen LogP contribution in [0.4, 0.5) is 11.4 Å². The van der Waals surface area contributed by atoms with E-state index in [9.17, 15) is 14.9 Å². The average molecular weight is 439 g/mol. The van der Waals surface area contributed by atoms with E-state index in [4.69, 9.17) is 4.74 Å². The summed E-state index contributed by atoms with van der Waals surface area (Å²) < 4.78 is 5.08. The monoisotopic (exact) mass is 438 g/mol. The first-order valence-corrected chi connectivity index (χ1v) is 11.1. The zero-order valence-corrected chi connectivity index (χ0v) is 18.4. The predicted octanol–water partition coefficient (Wildman–Crippen LogP) is 2.61. The van der Waals surface area contributed by atoms with Crippen molar-refractivity contribution in [3.8, 4) is 0 Å². The molecular formula is C24H30N4O4. The van der Waals surface area contributed by atoms with Gasteiger partial charge in [-0.3, -0.25) is 19.8 Å². The summed E-state index contributed by atoms with van der Waals surface area (Å²) in [4.78, 5) is 28.8. The van der Waals surface area contributed by atoms with Crippen LogP contribution in [-0.4, -0.2) is 61.7 Å². The predicted molar refractivity (Wildman–Crippen MR) is 123 cm³/mol. The Morgan fingerprint density at radius 3 is 2.78 bits per heavy atom. The number of benzene rings is 2. The Balaban J connectivity index is 1.56. The Hall–Kier alpha value is -2.97. The molecule has 0 aliphatic carbocycles. The van der Waals surface area contributed by atoms with Crippen LogP contribution in [-0.2, 0) is 22.5 Å². The molecule has 8 nitrogen and oxygen atoms in total. The number of nitro groups is 1. The van der Waals surface area contributed by atoms with E-state index in [1.807, 2.05) is 24.3 Å². The van der Waals surface area contributed by atoms with Gasteiger partial charge in [-0.2, -0.15) is 0 Å². The number of ether oxygens (including phenoxy) is 1. The molecule has 0 bridgehead atoms. The van der Waals surface area contributed by atoms with Crippen molar-refractivity contribution in [1.82, 2.24) is 10.2 Å². The smallest absolute Gasteiger partial charge is 0.269 e. The zero-order chi connectivity index (χ0) is 22.5. The molecule has 32 heavy (non-hydrogen) atoms. The molecule has 8 heteroatoms. The second kappa shape index (κ2) is 10.1. The van der Waals surface area contributed by atoms with Crippen LogP contribution in [0.3, 0.4) is 0 Å². The third kappa shape index (κ3) is 4.92. The number of fused-ring (bicyclic) bond motifs is 3. The first-order valence-electron chi connectivity index (χ1n) is 11.1. The summed E-state index contributed by atoms with van der Waals surface area (Å²) in [5, 5.41) is 14.4. The van der Waals surface area contributed by atoms with Crippen LogP contribution in [0, 0.1) is 16.0 Å². The molecule has 0 spiro atoms. The van der Waals surface area contributed by atoms with E-state index in [2.05, 4.69) is 27.2 Å². The topological polar surface area (TPSA) is 87.9 Å². The van der Waals surface area contributed by atoms with E-state index < -0.39 is 0 Å². The van der Waals surface area contributed by atoms with Gasteiger partial charge in [-0.15, -0.1) is 0 Å². The summed E-state index contributed by atoms with van der Waals surface area (Å²) in [6.07, 6.45) is 1.26. The Labute approximate surface area is 188 Å². The van der Waals surface area contributed by atoms with Crippen LogP contribution in [0.5, 0.6) is 0 Å². The second-order valence-corrected chi connectivity index (χ2v) is 8.50. The fourth-order valence-corrected chi connectivity index (χ4v) is 4.83. The molecule has 1 amide bonds. The summed E-state index contributed by atoms with van der Waals surface area (Å²) in [7, 11) is 1.65. The van der Waals surface area contributed by atoms with E-state index in [1.54, 1.807) is 19.2 Å². The number of carbonyl (C=O) groups excluding carboxylic acids is 1. The van der Waals surface area contributed by atoms with Gasteiger partial charge in [0.05, 0.1) is 16.9 Å². The van der Waals surface area contributed by atoms with Crippen LogP contribution in [0.25, 0.3) is 0 Å². The van der Waals surface area contributed by atoms with Crippen molar-refractivity contribution in [2.45, 2.75) is 25.4 Å². The number of nitrogens with one attached hydrogen (secondary N) is 1. The lowest BCUT2D eigenvalue weighted by atomic mass is 9.83. The quantitative estimate of drug-likeness (QED) is 0.387. The molecule has 0 saturated carbocycles. The maximum absolute atomic E-state index is 13.2. The van der Waals surface area contributed by atoms with Crippen LogP contribution < -0.4 is 10.2 Å². The summed E-state index contributed by atoms with van der Waals surface area (Å²) in [6, 6.07) is 15.4. The van der Waals surface area contributed by atoms with Crippen LogP contribution in [0.15, 0.2) is 48.5 Å². The van der Waals surface area contributed by atoms with Gasteiger partial charge >= 0.3 is 0 Å². The lowest BCUT2D eigenvalue weighted by Crippen LogP contribution is -2.60. The van der Waals surface area contributed by atoms with Gasteiger partial charge in [-0.25, -0.2) is 0 Å². The standard InChI is InChI=1S/C24H30N4O4/c1-32-13-5-10-25-24(29)21-15-19-14-20(28(30)31)8-9-22(19)27-12-11-26(17-23(21)27)16-18-6-3-2-4-7-18/h2-4,6-9,14,21,23H,5,10-13,15-17H2,1H3,(H,25,29). The minimum absolute atomic E-state index is 0.00909. The number of rotatable bonds is 8. The number of carbonyl (C=O) groups is 1. The maximum Gasteiger partial charge on any atom is 0.269 e. The number of nitrogens with zero attached hydrogens (tertiary/aromatic N) is 3. The van der Waals surface area contributed by atoms with Gasteiger partial charge in [0.2, 0.25) is 5.91 Å². The zero-order valence-electron chi connectivity index (χ0n) is 18.4. The number of nitro benzene ring substituents is 1. The minimum Gasteiger partial charge on any atom is -0.385 e. The van der Waals surface area contributed by atoms with Gasteiger partial charge in [0.1, 0.15) is 0 Å². The van der Waals surface area contributed by atoms with E-state index in [-0.39, 0.29) is 28.5 Å². The Kier molecular flexibility index (Phi) is 7.02. The van der Waals surface area contributed by atoms with Crippen molar-refractivity contribution < 1.29 is 14.5 Å². The number of anilines is 1. The lowest BCUT2D eigenvalue weighted by molar-refractivity contribution is -0.384. The SMILES string of the molecule is COCCCNC(=O)C1Cc2cc([N+](=O)[O-])ccc2N2CCN(Cc3ccccc3)CC12. The first kappa shape index (κ1) is 22.2. The molecule has 2 aromatic rings. The van der Waals surface area contributed by atoms with Crippen molar-refractivity contribution in [2.75, 3.05) is 44.8 Å². The number of amides is 1. The van der Waals surface area contributed by atoms with Crippen molar-refractivity contribution in [3.63, 3.8) is 0 Å². The van der Waals surface area contributed by atoms with E-state index in [0.29, 0.717) is 19.6 Å². The summed E-state index contributed by atoms with van der Waals surface area (Å²) in [5.41, 5.74) is 3.23. The number of non-ortho nitro benzene ring substituents is 1. The highest BCUT2D eigenvalue weighted by Crippen LogP contribution is 2.38. The number of piperazine rings is 1. The Morgan fingerprint density at radius 1 is 1.22 bits per heavy atom. The summed E-state index contributed by atoms with van der Waals surface area (Å²) >= 11 is 0. The molecule has 1 fully saturated rings. The van der Waals surface area contributed by atoms with Gasteiger partial charge in [-0.05, 0) is 30.0 Å². The van der Waals surface area contributed by atoms with Gasteiger partial charge in [-0.1, -0.05) is 30.3 Å². The largest absolute Gasteiger partial charge is 0.385 e. The highest BCUT2D eigenvalue weighted by atomic mass is 16.6. The van der Waals surface area contributed by atoms with Crippen LogP contribution in [0.1, 0.15) is 17.5 Å². The van der Waals surface area contributed by atoms with E-state index in [1.165, 1.54) is 5.56 Å². The van der Waals surface area contributed by atoms with Gasteiger partial charge in [0, 0.05) is 64.3 Å². The molecule has 0 aromatic heterocycles. The second-order valence-electron chi connectivity index (χ2n) is 8.50. The number of hydrogen-bond donors (Lipinski definition) is 1. The van der Waals surface area contributed by atoms with Crippen LogP contribution >= 0.6 is 0 Å². The molecule has 2 aromatic carbocycles. The molecule has 0 radical (unpaired) electrons. The maximum atomic E-state index is 13.2. The minimum atomic E-state index is -0.371. The third-order valence-corrected chi connectivity index (χ3v) is 6.40. The fraction of sp³-hybridized carbons (Fsp3) is 0.458. The van der Waals surface area contributed by atoms with E-state index >= 15 is 0 Å². The number of methoxy groups -OCH3 is 1. The summed E-state index contributed by atoms with van der Waals surface area (Å²) in [6.45, 7) is 4.45. The molecule has 170 valence electrons. The third-order valence-electron chi connectivity index (χ3n) is 6.40. The van der Waals surface area contributed by atoms with Gasteiger partial charge < -0.3 is 15.0 Å². The van der Waals surface area contributed by atoms with Gasteiger partial charge in [0.15, 0.2) is 0 Å². The molecule has 4 rings (SSSR count). The molecule has 2 atom stereocenters. The Bertz CT molecular complexity index is 952.